The Kier molecular flexibility index (Phi) is 5.76. The van der Waals surface area contributed by atoms with Crippen LogP contribution in [0.3, 0.4) is 0 Å². The van der Waals surface area contributed by atoms with Crippen molar-refractivity contribution in [1.29, 1.82) is 0 Å². The van der Waals surface area contributed by atoms with Gasteiger partial charge in [-0.2, -0.15) is 0 Å². The molecular formula is C29H27Cl2N3O. The smallest absolute Gasteiger partial charge is 0.0657 e. The minimum absolute atomic E-state index is 0.0728. The maximum atomic E-state index is 6.97. The van der Waals surface area contributed by atoms with E-state index < -0.39 is 0 Å². The van der Waals surface area contributed by atoms with Gasteiger partial charge in [0.25, 0.3) is 0 Å². The van der Waals surface area contributed by atoms with Crippen molar-refractivity contribution in [2.24, 2.45) is 0 Å². The number of morpholine rings is 1. The van der Waals surface area contributed by atoms with Crippen molar-refractivity contribution < 1.29 is 4.74 Å². The molecule has 0 bridgehead atoms. The number of aryl methyl sites for hydroxylation is 2. The van der Waals surface area contributed by atoms with Crippen LogP contribution in [0.2, 0.25) is 10.0 Å². The average molecular weight is 504 g/mol. The fourth-order valence-electron chi connectivity index (χ4n) is 5.72. The van der Waals surface area contributed by atoms with Gasteiger partial charge in [-0.25, -0.2) is 0 Å². The van der Waals surface area contributed by atoms with Crippen LogP contribution in [0.1, 0.15) is 34.0 Å². The minimum atomic E-state index is -0.0728. The SMILES string of the molecule is Cc1[nH]c2ccccc2c1C(c1cc(Cl)cc(Cl)c1N1CCOCC1)c1c(C)[nH]c2ccccc12. The van der Waals surface area contributed by atoms with Crippen molar-refractivity contribution in [1.82, 2.24) is 9.97 Å². The first-order chi connectivity index (χ1) is 17.0. The molecule has 3 aromatic carbocycles. The molecule has 0 radical (unpaired) electrons. The van der Waals surface area contributed by atoms with Gasteiger partial charge in [-0.3, -0.25) is 0 Å². The Morgan fingerprint density at radius 1 is 0.800 bits per heavy atom. The molecule has 1 saturated heterocycles. The highest BCUT2D eigenvalue weighted by molar-refractivity contribution is 6.36. The zero-order valence-electron chi connectivity index (χ0n) is 19.8. The number of nitrogens with zero attached hydrogens (tertiary/aromatic N) is 1. The monoisotopic (exact) mass is 503 g/mol. The van der Waals surface area contributed by atoms with E-state index >= 15 is 0 Å². The predicted molar refractivity (Wildman–Crippen MR) is 147 cm³/mol. The highest BCUT2D eigenvalue weighted by atomic mass is 35.5. The molecule has 0 atom stereocenters. The molecule has 1 aliphatic heterocycles. The molecule has 0 aliphatic carbocycles. The quantitative estimate of drug-likeness (QED) is 0.265. The van der Waals surface area contributed by atoms with Crippen molar-refractivity contribution in [3.63, 3.8) is 0 Å². The number of hydrogen-bond donors (Lipinski definition) is 2. The van der Waals surface area contributed by atoms with Gasteiger partial charge in [0.05, 0.1) is 23.9 Å². The van der Waals surface area contributed by atoms with E-state index in [1.807, 2.05) is 6.07 Å². The van der Waals surface area contributed by atoms with E-state index in [1.165, 1.54) is 21.9 Å². The number of aromatic amines is 2. The van der Waals surface area contributed by atoms with Gasteiger partial charge in [0.2, 0.25) is 0 Å². The lowest BCUT2D eigenvalue weighted by molar-refractivity contribution is 0.122. The molecule has 1 fully saturated rings. The number of ether oxygens (including phenoxy) is 1. The number of fused-ring (bicyclic) bond motifs is 2. The van der Waals surface area contributed by atoms with E-state index in [0.29, 0.717) is 23.3 Å². The summed E-state index contributed by atoms with van der Waals surface area (Å²) in [5.41, 5.74) is 9.20. The first kappa shape index (κ1) is 22.5. The third kappa shape index (κ3) is 3.81. The van der Waals surface area contributed by atoms with Gasteiger partial charge in [-0.05, 0) is 54.8 Å². The summed E-state index contributed by atoms with van der Waals surface area (Å²) in [7, 11) is 0. The van der Waals surface area contributed by atoms with Crippen molar-refractivity contribution in [2.45, 2.75) is 19.8 Å². The molecule has 0 saturated carbocycles. The Labute approximate surface area is 214 Å². The highest BCUT2D eigenvalue weighted by Gasteiger charge is 2.32. The number of hydrogen-bond acceptors (Lipinski definition) is 2. The van der Waals surface area contributed by atoms with Crippen LogP contribution < -0.4 is 4.90 Å². The Hall–Kier alpha value is -2.92. The molecule has 2 aromatic heterocycles. The standard InChI is InChI=1S/C29H27Cl2N3O/c1-17-26(20-7-3-5-9-24(20)32-17)28(27-18(2)33-25-10-6-4-8-21(25)27)22-15-19(30)16-23(31)29(22)34-11-13-35-14-12-34/h3-10,15-16,28,32-33H,11-14H2,1-2H3. The summed E-state index contributed by atoms with van der Waals surface area (Å²) >= 11 is 13.7. The first-order valence-electron chi connectivity index (χ1n) is 12.0. The van der Waals surface area contributed by atoms with Crippen LogP contribution in [0.25, 0.3) is 21.8 Å². The van der Waals surface area contributed by atoms with E-state index in [1.54, 1.807) is 0 Å². The maximum Gasteiger partial charge on any atom is 0.0657 e. The van der Waals surface area contributed by atoms with Crippen molar-refractivity contribution in [3.8, 4) is 0 Å². The third-order valence-corrected chi connectivity index (χ3v) is 7.67. The van der Waals surface area contributed by atoms with E-state index in [9.17, 15) is 0 Å². The van der Waals surface area contributed by atoms with E-state index in [2.05, 4.69) is 83.3 Å². The molecule has 0 spiro atoms. The van der Waals surface area contributed by atoms with Crippen molar-refractivity contribution >= 4 is 50.7 Å². The normalized spacial score (nSPS) is 14.5. The predicted octanol–water partition coefficient (Wildman–Crippen LogP) is 7.59. The summed E-state index contributed by atoms with van der Waals surface area (Å²) in [5, 5.41) is 3.74. The highest BCUT2D eigenvalue weighted by Crippen LogP contribution is 2.48. The van der Waals surface area contributed by atoms with Crippen LogP contribution in [0.15, 0.2) is 60.7 Å². The first-order valence-corrected chi connectivity index (χ1v) is 12.7. The van der Waals surface area contributed by atoms with Crippen LogP contribution in [0.4, 0.5) is 5.69 Å². The lowest BCUT2D eigenvalue weighted by Crippen LogP contribution is -2.37. The molecule has 5 aromatic rings. The van der Waals surface area contributed by atoms with Crippen LogP contribution in [0.5, 0.6) is 0 Å². The lowest BCUT2D eigenvalue weighted by atomic mass is 9.81. The van der Waals surface area contributed by atoms with E-state index in [4.69, 9.17) is 27.9 Å². The molecule has 4 nitrogen and oxygen atoms in total. The third-order valence-electron chi connectivity index (χ3n) is 7.16. The molecule has 2 N–H and O–H groups in total. The number of halogens is 2. The summed E-state index contributed by atoms with van der Waals surface area (Å²) in [6.45, 7) is 7.27. The van der Waals surface area contributed by atoms with Gasteiger partial charge >= 0.3 is 0 Å². The largest absolute Gasteiger partial charge is 0.378 e. The van der Waals surface area contributed by atoms with Gasteiger partial charge in [-0.1, -0.05) is 59.6 Å². The zero-order chi connectivity index (χ0) is 24.1. The minimum Gasteiger partial charge on any atom is -0.378 e. The number of H-pyrrole nitrogens is 2. The Morgan fingerprint density at radius 2 is 1.34 bits per heavy atom. The number of aromatic nitrogens is 2. The van der Waals surface area contributed by atoms with Crippen LogP contribution >= 0.6 is 23.2 Å². The fraction of sp³-hybridized carbons (Fsp3) is 0.241. The van der Waals surface area contributed by atoms with E-state index in [-0.39, 0.29) is 5.92 Å². The zero-order valence-corrected chi connectivity index (χ0v) is 21.3. The number of nitrogens with one attached hydrogen (secondary N) is 2. The molecule has 3 heterocycles. The summed E-state index contributed by atoms with van der Waals surface area (Å²) in [6, 6.07) is 21.0. The molecule has 6 heteroatoms. The average Bonchev–Trinajstić information content (AvgIpc) is 3.36. The Balaban J connectivity index is 1.72. The molecule has 6 rings (SSSR count). The van der Waals surface area contributed by atoms with Crippen LogP contribution in [-0.4, -0.2) is 36.3 Å². The molecule has 178 valence electrons. The van der Waals surface area contributed by atoms with Gasteiger partial charge in [0.1, 0.15) is 0 Å². The number of rotatable bonds is 4. The summed E-state index contributed by atoms with van der Waals surface area (Å²) in [6.07, 6.45) is 0. The van der Waals surface area contributed by atoms with Crippen molar-refractivity contribution in [2.75, 3.05) is 31.2 Å². The molecule has 1 aliphatic rings. The maximum absolute atomic E-state index is 6.97. The molecule has 0 unspecified atom stereocenters. The van der Waals surface area contributed by atoms with Crippen molar-refractivity contribution in [3.05, 3.63) is 98.8 Å². The number of anilines is 1. The van der Waals surface area contributed by atoms with Gasteiger partial charge in [-0.15, -0.1) is 0 Å². The van der Waals surface area contributed by atoms with Gasteiger partial charge < -0.3 is 19.6 Å². The second-order valence-corrected chi connectivity index (χ2v) is 10.1. The second-order valence-electron chi connectivity index (χ2n) is 9.28. The number of para-hydroxylation sites is 2. The topological polar surface area (TPSA) is 44.0 Å². The summed E-state index contributed by atoms with van der Waals surface area (Å²) in [5.74, 6) is -0.0728. The van der Waals surface area contributed by atoms with Gasteiger partial charge in [0.15, 0.2) is 0 Å². The van der Waals surface area contributed by atoms with E-state index in [0.717, 1.165) is 46.8 Å². The van der Waals surface area contributed by atoms with Crippen LogP contribution in [-0.2, 0) is 4.74 Å². The lowest BCUT2D eigenvalue weighted by Gasteiger charge is -2.34. The molecular weight excluding hydrogens is 477 g/mol. The van der Waals surface area contributed by atoms with Gasteiger partial charge in [0, 0.05) is 57.2 Å². The number of benzene rings is 3. The summed E-state index contributed by atoms with van der Waals surface area (Å²) < 4.78 is 5.66. The molecule has 0 amide bonds. The second kappa shape index (κ2) is 8.94. The Bertz CT molecular complexity index is 1460. The fourth-order valence-corrected chi connectivity index (χ4v) is 6.35. The summed E-state index contributed by atoms with van der Waals surface area (Å²) in [4.78, 5) is 9.60. The van der Waals surface area contributed by atoms with Crippen LogP contribution in [0, 0.1) is 13.8 Å². The molecule has 35 heavy (non-hydrogen) atoms. The Morgan fingerprint density at radius 3 is 1.91 bits per heavy atom.